The number of hydrogen-bond donors (Lipinski definition) is 2. The van der Waals surface area contributed by atoms with Crippen molar-refractivity contribution in [3.05, 3.63) is 29.5 Å². The molecule has 1 heterocycles. The van der Waals surface area contributed by atoms with Crippen LogP contribution in [-0.2, 0) is 0 Å². The van der Waals surface area contributed by atoms with Crippen LogP contribution < -0.4 is 10.1 Å². The number of nitrogens with zero attached hydrogens (tertiary/aromatic N) is 3. The molecule has 0 fully saturated rings. The maximum Gasteiger partial charge on any atom is 0.214 e. The first-order chi connectivity index (χ1) is 17.7. The highest BCUT2D eigenvalue weighted by atomic mass is 16.5. The zero-order chi connectivity index (χ0) is 29.6. The Morgan fingerprint density at radius 1 is 1.46 bits per heavy atom. The Hall–Kier alpha value is -2.50. The summed E-state index contributed by atoms with van der Waals surface area (Å²) in [6.07, 6.45) is 4.47. The quantitative estimate of drug-likeness (QED) is 0.136. The molecule has 28 heavy (non-hydrogen) atoms. The lowest BCUT2D eigenvalue weighted by molar-refractivity contribution is 0.241. The van der Waals surface area contributed by atoms with Crippen molar-refractivity contribution in [2.75, 3.05) is 20.6 Å². The van der Waals surface area contributed by atoms with Crippen molar-refractivity contribution in [2.45, 2.75) is 60.0 Å². The number of unbranched alkanes of at least 4 members (excludes halogenated alkanes) is 2. The molecule has 0 bridgehead atoms. The number of rotatable bonds is 8. The summed E-state index contributed by atoms with van der Waals surface area (Å²) in [6, 6.07) is 4.04. The molecular formula is C22H245N5O. The van der Waals surface area contributed by atoms with Gasteiger partial charge in [-0.2, -0.15) is 5.10 Å². The molecule has 364 valence electrons. The fourth-order valence-electron chi connectivity index (χ4n) is 3.13. The second-order valence-corrected chi connectivity index (χ2v) is 7.27. The number of hydrogen-bond acceptors (Lipinski definition) is 3. The van der Waals surface area contributed by atoms with Gasteiger partial charge in [0.05, 0.1) is 13.2 Å². The van der Waals surface area contributed by atoms with Crippen molar-refractivity contribution in [1.82, 2.24) is 15.3 Å². The first-order valence-corrected chi connectivity index (χ1v) is 9.97. The van der Waals surface area contributed by atoms with Gasteiger partial charge in [0.15, 0.2) is 0 Å². The number of aryl methyl sites for hydroxylation is 1. The highest BCUT2D eigenvalue weighted by Gasteiger charge is 2.13. The molecule has 0 spiro atoms. The molecule has 0 radical (unpaired) electrons. The Morgan fingerprint density at radius 2 is 2.21 bits per heavy atom. The van der Waals surface area contributed by atoms with Crippen LogP contribution in [0.2, 0.25) is 0 Å². The molecule has 6 nitrogen and oxygen atoms in total. The molecule has 0 atom stereocenters. The van der Waals surface area contributed by atoms with Crippen molar-refractivity contribution >= 4 is 22.6 Å². The number of aromatic nitrogens is 1. The average molecular weight is 606 g/mol. The second-order valence-electron chi connectivity index (χ2n) is 7.27. The predicted octanol–water partition coefficient (Wildman–Crippen LogP) is 30.5. The van der Waals surface area contributed by atoms with Gasteiger partial charge >= 0.3 is 0 Å². The largest absolute Gasteiger partial charge is 0.491 e. The van der Waals surface area contributed by atoms with Crippen LogP contribution >= 0.6 is 0 Å². The molecule has 0 aliphatic heterocycles. The van der Waals surface area contributed by atoms with E-state index < -0.39 is 6.08 Å². The average Bonchev–Trinajstić information content (AvgIpc) is 3.30. The molecule has 0 saturated heterocycles. The maximum absolute atomic E-state index is 8.04. The Kier molecular flexibility index (Phi) is 5.60. The van der Waals surface area contributed by atoms with Crippen molar-refractivity contribution in [3.63, 3.8) is 0 Å². The number of fused-ring (bicyclic) bond motifs is 1. The van der Waals surface area contributed by atoms with Gasteiger partial charge in [0.1, 0.15) is 5.75 Å². The van der Waals surface area contributed by atoms with Crippen molar-refractivity contribution in [2.24, 2.45) is 10.1 Å². The van der Waals surface area contributed by atoms with Gasteiger partial charge < -0.3 is 15.0 Å². The third kappa shape index (κ3) is 5.50. The van der Waals surface area contributed by atoms with Gasteiger partial charge in [0.25, 0.3) is 0 Å². The molecule has 0 unspecified atom stereocenters. The van der Waals surface area contributed by atoms with Crippen LogP contribution in [0.4, 0.5) is 0 Å². The molecule has 6 heteroatoms. The van der Waals surface area contributed by atoms with Gasteiger partial charge in [-0.1, -0.05) is 19.8 Å². The molecule has 2 N–H and O–H groups in total. The Balaban J connectivity index is -0.00000000102. The summed E-state index contributed by atoms with van der Waals surface area (Å²) >= 11 is 0. The number of aliphatic imine (C=N–C) groups is 1. The van der Waals surface area contributed by atoms with Crippen molar-refractivity contribution in [1.29, 1.82) is 0 Å². The predicted molar refractivity (Wildman–Crippen MR) is 342 cm³/mol. The van der Waals surface area contributed by atoms with E-state index in [0.717, 1.165) is 46.7 Å². The Labute approximate surface area is 332 Å². The van der Waals surface area contributed by atoms with E-state index in [2.05, 4.69) is 22.2 Å². The van der Waals surface area contributed by atoms with Gasteiger partial charge in [-0.05, 0) is 51.8 Å². The third-order valence-corrected chi connectivity index (χ3v) is 4.56. The Morgan fingerprint density at radius 3 is 2.86 bits per heavy atom. The summed E-state index contributed by atoms with van der Waals surface area (Å²) < 4.78 is 53.9. The minimum atomic E-state index is -0.992. The zero-order valence-electron chi connectivity index (χ0n) is 27.3. The number of hydrazone groups is 1. The van der Waals surface area contributed by atoms with Gasteiger partial charge in [0, 0.05) is 199 Å². The van der Waals surface area contributed by atoms with E-state index in [1.165, 1.54) is 12.8 Å². The maximum atomic E-state index is 8.04. The van der Waals surface area contributed by atoms with Gasteiger partial charge in [-0.3, -0.25) is 4.99 Å². The van der Waals surface area contributed by atoms with Crippen LogP contribution in [0.5, 0.6) is 5.75 Å². The summed E-state index contributed by atoms with van der Waals surface area (Å²) in [5.41, 5.74) is 3.89. The summed E-state index contributed by atoms with van der Waals surface area (Å²) in [7, 11) is 3.67. The molecule has 2 rings (SSSR count). The highest BCUT2D eigenvalue weighted by Crippen LogP contribution is 2.28. The SMILES string of the molecule is [2H]C(C)(C)Oc1cc2c(/C(C)=N/N(C)C(=NC)NCCCCC)c[nH]c2cc1C.[2H][2H].[2H][2H].[2H][2H].[2H][2H].[HH].[HH].[HH].[HH].[HH].[HH].[HH].[HH].[HH].[HH].[HH].[HH].[HH].[HH].[HH].[HH].[HH].[HH].[HH].[HH].[HH].[HH].[HH].[HH].[HH].[HH].[HH].[HH].[HH].[HH].[HH].[HH].[HH].[HH].[HH].[HH].[HH].[HH].[HH].[HH].[HH].[HH].[HH].[HH].[HH].[HH].[HH].[HH].[HH].[HH].[HH].[HH].[HH].[HH].[HH].[HH].[HH].[HH].[HH].[HH].[HH].[HH].[HH].[HH].[HH].[HH].[HH].[HH].[HH].[HH].[HH].[HH].[HH].[HH].[HH].[HH].[HH].[HH].[HH].[HH].[HH].[HH].[HH].[HH].[HH].[HH].[HH].[HH].[HH].[HH].[HH].[HH].[HH].[HH].[HH].[HH].[HH].[HH].[HH].[HH].[HH]. The molecule has 0 saturated carbocycles. The first-order valence-electron chi connectivity index (χ1n) is 14.5. The molecule has 1 aromatic heterocycles. The molecule has 0 aliphatic carbocycles. The number of benzene rings is 1. The van der Waals surface area contributed by atoms with Crippen LogP contribution in [0.25, 0.3) is 10.9 Å². The van der Waals surface area contributed by atoms with E-state index in [0.29, 0.717) is 5.75 Å². The van der Waals surface area contributed by atoms with E-state index in [1.807, 2.05) is 39.2 Å². The monoisotopic (exact) mass is 606 g/mol. The molecule has 1 aromatic carbocycles. The number of aromatic amines is 1. The zero-order valence-corrected chi connectivity index (χ0v) is 18.3. The summed E-state index contributed by atoms with van der Waals surface area (Å²) in [5, 5.41) is 10.9. The molecule has 0 amide bonds. The fraction of sp³-hybridized carbons (Fsp3) is 0.545. The van der Waals surface area contributed by atoms with Gasteiger partial charge in [-0.25, -0.2) is 5.01 Å². The summed E-state index contributed by atoms with van der Waals surface area (Å²) in [4.78, 5) is 7.64. The minimum absolute atomic E-state index is 0. The van der Waals surface area contributed by atoms with Crippen LogP contribution in [-0.4, -0.2) is 48.4 Å². The second kappa shape index (κ2) is 10.2. The van der Waals surface area contributed by atoms with Crippen molar-refractivity contribution in [3.8, 4) is 5.75 Å². The smallest absolute Gasteiger partial charge is 0.214 e. The van der Waals surface area contributed by atoms with E-state index in [1.54, 1.807) is 25.9 Å². The lowest BCUT2D eigenvalue weighted by Crippen LogP contribution is -2.36. The number of H-pyrrole nitrogens is 1. The van der Waals surface area contributed by atoms with Crippen LogP contribution in [0.3, 0.4) is 0 Å². The van der Waals surface area contributed by atoms with Gasteiger partial charge in [-0.15, -0.1) is 0 Å². The van der Waals surface area contributed by atoms with E-state index in [9.17, 15) is 0 Å². The van der Waals surface area contributed by atoms with Crippen LogP contribution in [0.15, 0.2) is 28.4 Å². The van der Waals surface area contributed by atoms with Crippen LogP contribution in [0, 0.1) is 6.92 Å². The minimum Gasteiger partial charge on any atom is -0.491 e. The van der Waals surface area contributed by atoms with E-state index >= 15 is 0 Å². The Bertz CT molecular complexity index is 973. The van der Waals surface area contributed by atoms with Crippen LogP contribution in [0.1, 0.15) is 215 Å². The molecular weight excluding hydrogens is 350 g/mol. The standard InChI is InChI=1S/C22H35N5O.105H2/c1-8-9-10-11-24-22(23-6)27(7)26-17(5)19-14-25-20-12-16(4)21(13-18(19)20)28-15(2)3;;;;;;;;;;;;;;;;;;;;;;;;;;;;;;;;;;;;;;;;;;;;;;;;;;;;;;;;;;;;;;;;;;;;;;;;;;;;;;;;;;;;;;;;;;;;;;;;;;;;;;;;;/h12-15,25H,8-11H2,1-7H3,(H,23,24);105*1H/b26-17+;;;;;;;;;;;;;;;;;;;;;;;;;;;;;;;;;;;;;;;;;;;;;;;;;;;;;;;;;;;;;;;;;;;;;;;;;;;;;;;;;;;;;;;;;;;;;;;;;;;;;;;;;/i15D;4*1+1D;;;;;;;;;;;;;;;;;;;;;;;;;;;;;;;;;;;;;;;;;;;;;;;;;;;;;;;;;;;;;;;;;;;;;;;;;;;;;;;;;;;;;;;;;;;;;;;;;;;;;. The summed E-state index contributed by atoms with van der Waals surface area (Å²) in [6.45, 7) is 10.5. The topological polar surface area (TPSA) is 65.0 Å². The fourth-order valence-corrected chi connectivity index (χ4v) is 3.13. The summed E-state index contributed by atoms with van der Waals surface area (Å²) in [5.74, 6) is 1.46. The lowest BCUT2D eigenvalue weighted by Gasteiger charge is -2.18. The first kappa shape index (κ1) is 15.4. The third-order valence-electron chi connectivity index (χ3n) is 4.56. The number of ether oxygens (including phenoxy) is 1. The van der Waals surface area contributed by atoms with E-state index in [-0.39, 0.29) is 144 Å². The number of nitrogens with one attached hydrogen (secondary N) is 2. The molecule has 2 aromatic rings. The van der Waals surface area contributed by atoms with Gasteiger partial charge in [0.2, 0.25) is 5.96 Å². The number of guanidine groups is 1. The highest BCUT2D eigenvalue weighted by molar-refractivity contribution is 6.10. The normalized spacial score (nSPS) is 14.8. The lowest BCUT2D eigenvalue weighted by atomic mass is 10.1. The molecule has 0 aliphatic rings. The van der Waals surface area contributed by atoms with Crippen molar-refractivity contribution < 1.29 is 162 Å². The van der Waals surface area contributed by atoms with E-state index in [4.69, 9.17) is 23.1 Å².